The van der Waals surface area contributed by atoms with Gasteiger partial charge >= 0.3 is 0 Å². The largest absolute Gasteiger partial charge is 0.497 e. The van der Waals surface area contributed by atoms with E-state index in [2.05, 4.69) is 15.5 Å². The van der Waals surface area contributed by atoms with Crippen molar-refractivity contribution in [1.29, 1.82) is 0 Å². The van der Waals surface area contributed by atoms with Crippen LogP contribution in [0.4, 0.5) is 5.69 Å². The van der Waals surface area contributed by atoms with Gasteiger partial charge in [-0.15, -0.1) is 0 Å². The number of methoxy groups -OCH3 is 2. The highest BCUT2D eigenvalue weighted by Gasteiger charge is 2.02. The lowest BCUT2D eigenvalue weighted by Crippen LogP contribution is -1.93. The molecule has 3 rings (SSSR count). The molecule has 0 spiro atoms. The number of nitrogens with zero attached hydrogens (tertiary/aromatic N) is 2. The lowest BCUT2D eigenvalue weighted by Gasteiger charge is -2.07. The molecule has 0 fully saturated rings. The van der Waals surface area contributed by atoms with E-state index in [-0.39, 0.29) is 0 Å². The van der Waals surface area contributed by atoms with Gasteiger partial charge in [0.05, 0.1) is 31.6 Å². The molecule has 5 nitrogen and oxygen atoms in total. The normalized spacial score (nSPS) is 10.9. The highest BCUT2D eigenvalue weighted by Crippen LogP contribution is 2.25. The van der Waals surface area contributed by atoms with E-state index in [4.69, 9.17) is 9.47 Å². The van der Waals surface area contributed by atoms with E-state index >= 15 is 0 Å². The predicted molar refractivity (Wildman–Crippen MR) is 92.5 cm³/mol. The van der Waals surface area contributed by atoms with Crippen molar-refractivity contribution < 1.29 is 9.47 Å². The lowest BCUT2D eigenvalue weighted by molar-refractivity contribution is 0.415. The van der Waals surface area contributed by atoms with Crippen molar-refractivity contribution in [3.8, 4) is 11.5 Å². The van der Waals surface area contributed by atoms with Crippen molar-refractivity contribution in [3.05, 3.63) is 60.3 Å². The quantitative estimate of drug-likeness (QED) is 0.577. The molecule has 0 bridgehead atoms. The van der Waals surface area contributed by atoms with Crippen LogP contribution in [0.25, 0.3) is 10.9 Å². The van der Waals surface area contributed by atoms with Gasteiger partial charge in [0, 0.05) is 11.6 Å². The molecular weight excluding hydrogens is 290 g/mol. The fourth-order valence-electron chi connectivity index (χ4n) is 2.22. The molecule has 0 saturated heterocycles. The molecule has 2 aromatic carbocycles. The Morgan fingerprint density at radius 3 is 2.43 bits per heavy atom. The van der Waals surface area contributed by atoms with Crippen LogP contribution >= 0.6 is 0 Å². The van der Waals surface area contributed by atoms with Crippen LogP contribution in [0, 0.1) is 0 Å². The second kappa shape index (κ2) is 6.79. The molecule has 5 heteroatoms. The third-order valence-corrected chi connectivity index (χ3v) is 3.46. The molecule has 1 aromatic heterocycles. The summed E-state index contributed by atoms with van der Waals surface area (Å²) in [5, 5.41) is 5.25. The van der Waals surface area contributed by atoms with Gasteiger partial charge in [-0.25, -0.2) is 0 Å². The highest BCUT2D eigenvalue weighted by atomic mass is 16.5. The Morgan fingerprint density at radius 1 is 0.957 bits per heavy atom. The van der Waals surface area contributed by atoms with Crippen molar-refractivity contribution in [3.63, 3.8) is 0 Å². The molecule has 0 unspecified atom stereocenters. The zero-order valence-electron chi connectivity index (χ0n) is 13.0. The van der Waals surface area contributed by atoms with Gasteiger partial charge in [0.2, 0.25) is 0 Å². The first-order chi connectivity index (χ1) is 11.3. The van der Waals surface area contributed by atoms with Crippen molar-refractivity contribution >= 4 is 22.8 Å². The van der Waals surface area contributed by atoms with Crippen molar-refractivity contribution in [2.24, 2.45) is 5.10 Å². The Morgan fingerprint density at radius 2 is 1.70 bits per heavy atom. The molecule has 0 aliphatic rings. The van der Waals surface area contributed by atoms with E-state index < -0.39 is 0 Å². The number of hydrogen-bond acceptors (Lipinski definition) is 5. The number of fused-ring (bicyclic) bond motifs is 1. The van der Waals surface area contributed by atoms with Crippen LogP contribution in [0.3, 0.4) is 0 Å². The Balaban J connectivity index is 1.81. The van der Waals surface area contributed by atoms with Crippen LogP contribution in [0.2, 0.25) is 0 Å². The molecular formula is C18H17N3O2. The van der Waals surface area contributed by atoms with Gasteiger partial charge in [-0.1, -0.05) is 0 Å². The topological polar surface area (TPSA) is 55.7 Å². The smallest absolute Gasteiger partial charge is 0.119 e. The SMILES string of the molecule is COc1ccc(C=NNc2ccnc3ccc(OC)cc23)cc1. The maximum atomic E-state index is 5.27. The van der Waals surface area contributed by atoms with Gasteiger partial charge in [0.25, 0.3) is 0 Å². The number of pyridine rings is 1. The second-order valence-corrected chi connectivity index (χ2v) is 4.88. The summed E-state index contributed by atoms with van der Waals surface area (Å²) in [7, 11) is 3.29. The first-order valence-electron chi connectivity index (χ1n) is 7.16. The zero-order valence-corrected chi connectivity index (χ0v) is 13.0. The Labute approximate surface area is 134 Å². The van der Waals surface area contributed by atoms with E-state index in [1.54, 1.807) is 26.6 Å². The molecule has 0 aliphatic heterocycles. The molecule has 0 saturated carbocycles. The monoisotopic (exact) mass is 307 g/mol. The van der Waals surface area contributed by atoms with Gasteiger partial charge in [-0.3, -0.25) is 10.4 Å². The fourth-order valence-corrected chi connectivity index (χ4v) is 2.22. The van der Waals surface area contributed by atoms with E-state index in [0.717, 1.165) is 33.7 Å². The average molecular weight is 307 g/mol. The second-order valence-electron chi connectivity index (χ2n) is 4.88. The Kier molecular flexibility index (Phi) is 4.38. The molecule has 0 aliphatic carbocycles. The number of ether oxygens (including phenoxy) is 2. The summed E-state index contributed by atoms with van der Waals surface area (Å²) in [6.07, 6.45) is 3.51. The van der Waals surface area contributed by atoms with Crippen LogP contribution in [-0.4, -0.2) is 25.4 Å². The van der Waals surface area contributed by atoms with E-state index in [0.29, 0.717) is 0 Å². The van der Waals surface area contributed by atoms with Gasteiger partial charge in [0.1, 0.15) is 11.5 Å². The van der Waals surface area contributed by atoms with E-state index in [1.165, 1.54) is 0 Å². The predicted octanol–water partition coefficient (Wildman–Crippen LogP) is 3.70. The van der Waals surface area contributed by atoms with E-state index in [9.17, 15) is 0 Å². The average Bonchev–Trinajstić information content (AvgIpc) is 2.62. The minimum Gasteiger partial charge on any atom is -0.497 e. The van der Waals surface area contributed by atoms with Crippen molar-refractivity contribution in [2.75, 3.05) is 19.6 Å². The van der Waals surface area contributed by atoms with Crippen LogP contribution in [0.1, 0.15) is 5.56 Å². The number of nitrogens with one attached hydrogen (secondary N) is 1. The van der Waals surface area contributed by atoms with E-state index in [1.807, 2.05) is 48.5 Å². The highest BCUT2D eigenvalue weighted by molar-refractivity contribution is 5.92. The first kappa shape index (κ1) is 14.8. The first-order valence-corrected chi connectivity index (χ1v) is 7.16. The molecule has 1 N–H and O–H groups in total. The standard InChI is InChI=1S/C18H17N3O2/c1-22-14-5-3-13(4-6-14)12-20-21-18-9-10-19-17-8-7-15(23-2)11-16(17)18/h3-12H,1-2H3,(H,19,21). The van der Waals surface area contributed by atoms with Crippen LogP contribution in [0.5, 0.6) is 11.5 Å². The molecule has 0 radical (unpaired) electrons. The van der Waals surface area contributed by atoms with Crippen LogP contribution in [-0.2, 0) is 0 Å². The van der Waals surface area contributed by atoms with Crippen molar-refractivity contribution in [1.82, 2.24) is 4.98 Å². The summed E-state index contributed by atoms with van der Waals surface area (Å²) in [6.45, 7) is 0. The summed E-state index contributed by atoms with van der Waals surface area (Å²) < 4.78 is 10.4. The third-order valence-electron chi connectivity index (χ3n) is 3.46. The number of anilines is 1. The Hall–Kier alpha value is -3.08. The number of benzene rings is 2. The number of hydrogen-bond donors (Lipinski definition) is 1. The van der Waals surface area contributed by atoms with Crippen molar-refractivity contribution in [2.45, 2.75) is 0 Å². The summed E-state index contributed by atoms with van der Waals surface area (Å²) in [4.78, 5) is 4.34. The minimum absolute atomic E-state index is 0.785. The lowest BCUT2D eigenvalue weighted by atomic mass is 10.2. The van der Waals surface area contributed by atoms with Crippen LogP contribution in [0.15, 0.2) is 59.8 Å². The minimum atomic E-state index is 0.785. The summed E-state index contributed by atoms with van der Waals surface area (Å²) in [5.74, 6) is 1.61. The van der Waals surface area contributed by atoms with Gasteiger partial charge in [0.15, 0.2) is 0 Å². The zero-order chi connectivity index (χ0) is 16.1. The molecule has 0 amide bonds. The molecule has 0 atom stereocenters. The summed E-state index contributed by atoms with van der Waals surface area (Å²) in [6, 6.07) is 15.3. The molecule has 3 aromatic rings. The maximum absolute atomic E-state index is 5.27. The number of aromatic nitrogens is 1. The number of hydrazone groups is 1. The third kappa shape index (κ3) is 3.40. The Bertz CT molecular complexity index is 829. The van der Waals surface area contributed by atoms with Gasteiger partial charge in [-0.2, -0.15) is 5.10 Å². The summed E-state index contributed by atoms with van der Waals surface area (Å²) in [5.41, 5.74) is 5.80. The maximum Gasteiger partial charge on any atom is 0.119 e. The van der Waals surface area contributed by atoms with Crippen LogP contribution < -0.4 is 14.9 Å². The molecule has 1 heterocycles. The molecule has 116 valence electrons. The molecule has 23 heavy (non-hydrogen) atoms. The van der Waals surface area contributed by atoms with Gasteiger partial charge in [-0.05, 0) is 54.1 Å². The van der Waals surface area contributed by atoms with Gasteiger partial charge < -0.3 is 9.47 Å². The number of rotatable bonds is 5. The summed E-state index contributed by atoms with van der Waals surface area (Å²) >= 11 is 0. The fraction of sp³-hybridized carbons (Fsp3) is 0.111.